The number of thioether (sulfide) groups is 1. The fourth-order valence-corrected chi connectivity index (χ4v) is 4.45. The summed E-state index contributed by atoms with van der Waals surface area (Å²) in [5, 5.41) is 7.11. The molecule has 6 heteroatoms. The third kappa shape index (κ3) is 7.18. The number of halogens is 1. The second-order valence-electron chi connectivity index (χ2n) is 6.77. The molecule has 4 nitrogen and oxygen atoms in total. The Hall–Kier alpha value is -0.750. The summed E-state index contributed by atoms with van der Waals surface area (Å²) in [6.45, 7) is 3.94. The minimum absolute atomic E-state index is 0. The molecule has 2 fully saturated rings. The van der Waals surface area contributed by atoms with E-state index < -0.39 is 0 Å². The van der Waals surface area contributed by atoms with Crippen LogP contribution in [0.4, 0.5) is 5.69 Å². The molecule has 0 radical (unpaired) electrons. The predicted octanol–water partition coefficient (Wildman–Crippen LogP) is 3.85. The molecule has 1 amide bonds. The quantitative estimate of drug-likeness (QED) is 0.749. The van der Waals surface area contributed by atoms with Crippen molar-refractivity contribution in [1.29, 1.82) is 0 Å². The molecule has 1 aromatic carbocycles. The van der Waals surface area contributed by atoms with Gasteiger partial charge in [-0.15, -0.1) is 12.4 Å². The Labute approximate surface area is 161 Å². The van der Waals surface area contributed by atoms with Crippen molar-refractivity contribution in [2.75, 3.05) is 31.6 Å². The van der Waals surface area contributed by atoms with Gasteiger partial charge in [0, 0.05) is 36.3 Å². The molecule has 2 saturated heterocycles. The van der Waals surface area contributed by atoms with Crippen LogP contribution in [0.3, 0.4) is 0 Å². The second-order valence-corrected chi connectivity index (χ2v) is 8.06. The molecular weight excluding hydrogens is 356 g/mol. The SMILES string of the molecule is Cl.O=C(CCC1CCNC1)Nc1cccc(CSC2CCOCC2)c1. The maximum Gasteiger partial charge on any atom is 0.224 e. The third-order valence-electron chi connectivity index (χ3n) is 4.81. The Balaban J connectivity index is 0.00000225. The molecular formula is C19H29ClN2O2S. The monoisotopic (exact) mass is 384 g/mol. The molecule has 0 spiro atoms. The van der Waals surface area contributed by atoms with Gasteiger partial charge in [0.1, 0.15) is 0 Å². The van der Waals surface area contributed by atoms with Crippen LogP contribution in [0, 0.1) is 5.92 Å². The van der Waals surface area contributed by atoms with Gasteiger partial charge in [0.25, 0.3) is 0 Å². The molecule has 2 N–H and O–H groups in total. The molecule has 25 heavy (non-hydrogen) atoms. The summed E-state index contributed by atoms with van der Waals surface area (Å²) < 4.78 is 5.41. The van der Waals surface area contributed by atoms with Crippen LogP contribution in [0.2, 0.25) is 0 Å². The number of benzene rings is 1. The van der Waals surface area contributed by atoms with Crippen LogP contribution >= 0.6 is 24.2 Å². The van der Waals surface area contributed by atoms with Crippen molar-refractivity contribution in [3.63, 3.8) is 0 Å². The van der Waals surface area contributed by atoms with E-state index in [0.717, 1.165) is 57.0 Å². The van der Waals surface area contributed by atoms with E-state index in [-0.39, 0.29) is 18.3 Å². The first kappa shape index (κ1) is 20.6. The first-order chi connectivity index (χ1) is 11.8. The highest BCUT2D eigenvalue weighted by Crippen LogP contribution is 2.26. The first-order valence-electron chi connectivity index (χ1n) is 9.08. The molecule has 140 valence electrons. The zero-order valence-electron chi connectivity index (χ0n) is 14.7. The Kier molecular flexibility index (Phi) is 9.10. The number of anilines is 1. The molecule has 2 aliphatic heterocycles. The molecule has 0 saturated carbocycles. The highest BCUT2D eigenvalue weighted by Gasteiger charge is 2.16. The minimum Gasteiger partial charge on any atom is -0.381 e. The van der Waals surface area contributed by atoms with Crippen molar-refractivity contribution in [3.8, 4) is 0 Å². The average Bonchev–Trinajstić information content (AvgIpc) is 3.13. The van der Waals surface area contributed by atoms with E-state index in [1.54, 1.807) is 0 Å². The molecule has 2 heterocycles. The number of hydrogen-bond acceptors (Lipinski definition) is 4. The zero-order valence-corrected chi connectivity index (χ0v) is 16.3. The third-order valence-corrected chi connectivity index (χ3v) is 6.25. The molecule has 0 aromatic heterocycles. The summed E-state index contributed by atoms with van der Waals surface area (Å²) in [7, 11) is 0. The summed E-state index contributed by atoms with van der Waals surface area (Å²) in [6, 6.07) is 8.28. The Morgan fingerprint density at radius 3 is 2.88 bits per heavy atom. The van der Waals surface area contributed by atoms with Crippen LogP contribution in [-0.4, -0.2) is 37.5 Å². The fourth-order valence-electron chi connectivity index (χ4n) is 3.32. The molecule has 1 atom stereocenters. The fraction of sp³-hybridized carbons (Fsp3) is 0.632. The van der Waals surface area contributed by atoms with Crippen LogP contribution in [0.25, 0.3) is 0 Å². The highest BCUT2D eigenvalue weighted by atomic mass is 35.5. The van der Waals surface area contributed by atoms with Crippen LogP contribution in [0.1, 0.15) is 37.7 Å². The van der Waals surface area contributed by atoms with E-state index in [2.05, 4.69) is 22.8 Å². The smallest absolute Gasteiger partial charge is 0.224 e. The van der Waals surface area contributed by atoms with Gasteiger partial charge < -0.3 is 15.4 Å². The van der Waals surface area contributed by atoms with Gasteiger partial charge in [0.15, 0.2) is 0 Å². The van der Waals surface area contributed by atoms with Gasteiger partial charge in [-0.2, -0.15) is 11.8 Å². The van der Waals surface area contributed by atoms with E-state index in [9.17, 15) is 4.79 Å². The van der Waals surface area contributed by atoms with Crippen LogP contribution in [0.5, 0.6) is 0 Å². The van der Waals surface area contributed by atoms with Crippen molar-refractivity contribution in [2.45, 2.75) is 43.1 Å². The van der Waals surface area contributed by atoms with Gasteiger partial charge in [-0.25, -0.2) is 0 Å². The largest absolute Gasteiger partial charge is 0.381 e. The summed E-state index contributed by atoms with van der Waals surface area (Å²) in [6.07, 6.45) is 5.10. The number of carbonyl (C=O) groups is 1. The predicted molar refractivity (Wildman–Crippen MR) is 108 cm³/mol. The molecule has 1 aromatic rings. The molecule has 3 rings (SSSR count). The van der Waals surface area contributed by atoms with Gasteiger partial charge in [0.05, 0.1) is 0 Å². The van der Waals surface area contributed by atoms with E-state index >= 15 is 0 Å². The topological polar surface area (TPSA) is 50.4 Å². The van der Waals surface area contributed by atoms with E-state index in [0.29, 0.717) is 17.6 Å². The molecule has 2 aliphatic rings. The molecule has 1 unspecified atom stereocenters. The summed E-state index contributed by atoms with van der Waals surface area (Å²) in [4.78, 5) is 12.1. The van der Waals surface area contributed by atoms with Crippen molar-refractivity contribution in [1.82, 2.24) is 5.32 Å². The second kappa shape index (κ2) is 11.1. The number of amides is 1. The average molecular weight is 385 g/mol. The number of carbonyl (C=O) groups excluding carboxylic acids is 1. The maximum absolute atomic E-state index is 12.1. The molecule has 0 aliphatic carbocycles. The maximum atomic E-state index is 12.1. The number of rotatable bonds is 7. The Morgan fingerprint density at radius 1 is 1.28 bits per heavy atom. The van der Waals surface area contributed by atoms with Gasteiger partial charge in [-0.3, -0.25) is 4.79 Å². The van der Waals surface area contributed by atoms with Crippen molar-refractivity contribution >= 4 is 35.8 Å². The van der Waals surface area contributed by atoms with Gasteiger partial charge in [0.2, 0.25) is 5.91 Å². The standard InChI is InChI=1S/C19H28N2O2S.ClH/c22-19(5-4-15-6-9-20-13-15)21-17-3-1-2-16(12-17)14-24-18-7-10-23-11-8-18;/h1-3,12,15,18,20H,4-11,13-14H2,(H,21,22);1H. The summed E-state index contributed by atoms with van der Waals surface area (Å²) in [5.74, 6) is 1.80. The van der Waals surface area contributed by atoms with Gasteiger partial charge in [-0.1, -0.05) is 12.1 Å². The highest BCUT2D eigenvalue weighted by molar-refractivity contribution is 7.99. The lowest BCUT2D eigenvalue weighted by molar-refractivity contribution is -0.116. The lowest BCUT2D eigenvalue weighted by Crippen LogP contribution is -2.17. The zero-order chi connectivity index (χ0) is 16.6. The lowest BCUT2D eigenvalue weighted by Gasteiger charge is -2.21. The van der Waals surface area contributed by atoms with Gasteiger partial charge in [-0.05, 0) is 62.4 Å². The van der Waals surface area contributed by atoms with Crippen molar-refractivity contribution < 1.29 is 9.53 Å². The van der Waals surface area contributed by atoms with E-state index in [4.69, 9.17) is 4.74 Å². The van der Waals surface area contributed by atoms with Crippen molar-refractivity contribution in [3.05, 3.63) is 29.8 Å². The van der Waals surface area contributed by atoms with Crippen LogP contribution in [-0.2, 0) is 15.3 Å². The minimum atomic E-state index is 0. The summed E-state index contributed by atoms with van der Waals surface area (Å²) in [5.41, 5.74) is 2.21. The normalized spacial score (nSPS) is 20.9. The molecule has 0 bridgehead atoms. The number of nitrogens with one attached hydrogen (secondary N) is 2. The number of ether oxygens (including phenoxy) is 1. The number of hydrogen-bond donors (Lipinski definition) is 2. The Morgan fingerprint density at radius 2 is 2.12 bits per heavy atom. The van der Waals surface area contributed by atoms with E-state index in [1.807, 2.05) is 23.9 Å². The first-order valence-corrected chi connectivity index (χ1v) is 10.1. The van der Waals surface area contributed by atoms with Gasteiger partial charge >= 0.3 is 0 Å². The van der Waals surface area contributed by atoms with Crippen molar-refractivity contribution in [2.24, 2.45) is 5.92 Å². The van der Waals surface area contributed by atoms with Crippen LogP contribution in [0.15, 0.2) is 24.3 Å². The van der Waals surface area contributed by atoms with Crippen LogP contribution < -0.4 is 10.6 Å². The summed E-state index contributed by atoms with van der Waals surface area (Å²) >= 11 is 2.01. The lowest BCUT2D eigenvalue weighted by atomic mass is 10.0. The Bertz CT molecular complexity index is 532. The van der Waals surface area contributed by atoms with E-state index in [1.165, 1.54) is 12.0 Å².